The molecule has 0 bridgehead atoms. The van der Waals surface area contributed by atoms with E-state index in [-0.39, 0.29) is 5.91 Å². The Morgan fingerprint density at radius 2 is 2.07 bits per heavy atom. The topological polar surface area (TPSA) is 51.9 Å². The quantitative estimate of drug-likeness (QED) is 0.553. The molecule has 3 rings (SSSR count). The molecule has 0 saturated heterocycles. The van der Waals surface area contributed by atoms with Gasteiger partial charge < -0.3 is 18.8 Å². The van der Waals surface area contributed by atoms with E-state index in [2.05, 4.69) is 0 Å². The molecule has 6 heteroatoms. The highest BCUT2D eigenvalue weighted by Crippen LogP contribution is 2.30. The number of hydrogen-bond donors (Lipinski definition) is 0. The molecule has 0 spiro atoms. The van der Waals surface area contributed by atoms with Crippen LogP contribution >= 0.6 is 11.3 Å². The maximum atomic E-state index is 12.7. The molecule has 1 aromatic carbocycles. The van der Waals surface area contributed by atoms with E-state index < -0.39 is 0 Å². The molecule has 0 radical (unpaired) electrons. The molecule has 1 amide bonds. The Morgan fingerprint density at radius 3 is 2.70 bits per heavy atom. The van der Waals surface area contributed by atoms with Crippen LogP contribution in [0.1, 0.15) is 33.5 Å². The third kappa shape index (κ3) is 4.52. The maximum absolute atomic E-state index is 12.7. The predicted octanol–water partition coefficient (Wildman–Crippen LogP) is 4.90. The normalized spacial score (nSPS) is 10.6. The van der Waals surface area contributed by atoms with Crippen LogP contribution in [0.4, 0.5) is 0 Å². The lowest BCUT2D eigenvalue weighted by molar-refractivity contribution is 0.0750. The van der Waals surface area contributed by atoms with Gasteiger partial charge in [-0.05, 0) is 49.1 Å². The number of furan rings is 1. The number of carbonyl (C=O) groups excluding carboxylic acids is 1. The van der Waals surface area contributed by atoms with Gasteiger partial charge in [0.05, 0.1) is 18.9 Å². The lowest BCUT2D eigenvalue weighted by Gasteiger charge is -2.21. The molecule has 0 fully saturated rings. The number of methoxy groups -OCH3 is 1. The van der Waals surface area contributed by atoms with Crippen LogP contribution in [0.5, 0.6) is 11.5 Å². The summed E-state index contributed by atoms with van der Waals surface area (Å²) >= 11 is 1.66. The van der Waals surface area contributed by atoms with Crippen molar-refractivity contribution < 1.29 is 18.7 Å². The molecule has 0 aliphatic carbocycles. The van der Waals surface area contributed by atoms with Crippen molar-refractivity contribution in [1.29, 1.82) is 0 Å². The first-order valence-electron chi connectivity index (χ1n) is 8.77. The number of hydrogen-bond acceptors (Lipinski definition) is 5. The van der Waals surface area contributed by atoms with Crippen LogP contribution < -0.4 is 9.47 Å². The summed E-state index contributed by atoms with van der Waals surface area (Å²) < 4.78 is 16.6. The van der Waals surface area contributed by atoms with Gasteiger partial charge in [0.2, 0.25) is 0 Å². The number of carbonyl (C=O) groups is 1. The average molecular weight is 385 g/mol. The fourth-order valence-corrected chi connectivity index (χ4v) is 3.41. The van der Waals surface area contributed by atoms with Crippen molar-refractivity contribution in [3.8, 4) is 11.5 Å². The van der Waals surface area contributed by atoms with Crippen LogP contribution in [0.25, 0.3) is 0 Å². The van der Waals surface area contributed by atoms with Gasteiger partial charge in [-0.15, -0.1) is 11.3 Å². The second-order valence-corrected chi connectivity index (χ2v) is 7.10. The molecular formula is C21H23NO4S. The minimum Gasteiger partial charge on any atom is -0.493 e. The molecule has 3 aromatic rings. The summed E-state index contributed by atoms with van der Waals surface area (Å²) in [5.74, 6) is 1.94. The summed E-state index contributed by atoms with van der Waals surface area (Å²) in [7, 11) is 1.62. The van der Waals surface area contributed by atoms with Gasteiger partial charge >= 0.3 is 0 Å². The minimum atomic E-state index is -0.0410. The molecule has 2 heterocycles. The standard InChI is InChI=1S/C21H23NO4S/c1-4-22(21(23)18-9-10-25-15(18)2)13-16-7-8-19(20(12-16)24-3)26-14-17-6-5-11-27-17/h5-12H,4,13-14H2,1-3H3. The minimum absolute atomic E-state index is 0.0410. The highest BCUT2D eigenvalue weighted by molar-refractivity contribution is 7.09. The molecule has 0 aliphatic rings. The first-order chi connectivity index (χ1) is 13.1. The molecule has 0 saturated carbocycles. The summed E-state index contributed by atoms with van der Waals surface area (Å²) in [5, 5.41) is 2.02. The molecule has 0 N–H and O–H groups in total. The van der Waals surface area contributed by atoms with E-state index in [0.717, 1.165) is 10.4 Å². The summed E-state index contributed by atoms with van der Waals surface area (Å²) in [6.07, 6.45) is 1.54. The van der Waals surface area contributed by atoms with Gasteiger partial charge in [0.25, 0.3) is 5.91 Å². The second-order valence-electron chi connectivity index (χ2n) is 6.06. The van der Waals surface area contributed by atoms with E-state index in [0.29, 0.717) is 42.5 Å². The summed E-state index contributed by atoms with van der Waals surface area (Å²) in [6.45, 7) is 5.35. The largest absolute Gasteiger partial charge is 0.493 e. The number of benzene rings is 1. The number of aryl methyl sites for hydroxylation is 1. The van der Waals surface area contributed by atoms with Crippen molar-refractivity contribution in [1.82, 2.24) is 4.90 Å². The van der Waals surface area contributed by atoms with Crippen LogP contribution in [0.3, 0.4) is 0 Å². The fraction of sp³-hybridized carbons (Fsp3) is 0.286. The maximum Gasteiger partial charge on any atom is 0.257 e. The number of thiophene rings is 1. The summed E-state index contributed by atoms with van der Waals surface area (Å²) in [6, 6.07) is 11.5. The Balaban J connectivity index is 1.72. The monoisotopic (exact) mass is 385 g/mol. The summed E-state index contributed by atoms with van der Waals surface area (Å²) in [4.78, 5) is 15.7. The van der Waals surface area contributed by atoms with Gasteiger partial charge in [-0.1, -0.05) is 12.1 Å². The number of rotatable bonds is 8. The zero-order valence-electron chi connectivity index (χ0n) is 15.7. The molecule has 142 valence electrons. The fourth-order valence-electron chi connectivity index (χ4n) is 2.80. The van der Waals surface area contributed by atoms with Crippen molar-refractivity contribution in [3.05, 3.63) is 69.8 Å². The van der Waals surface area contributed by atoms with Crippen LogP contribution in [-0.4, -0.2) is 24.5 Å². The highest BCUT2D eigenvalue weighted by Gasteiger charge is 2.19. The van der Waals surface area contributed by atoms with E-state index in [1.807, 2.05) is 42.6 Å². The zero-order chi connectivity index (χ0) is 19.2. The summed E-state index contributed by atoms with van der Waals surface area (Å²) in [5.41, 5.74) is 1.58. The molecule has 0 aliphatic heterocycles. The molecule has 27 heavy (non-hydrogen) atoms. The van der Waals surface area contributed by atoms with Crippen molar-refractivity contribution in [2.24, 2.45) is 0 Å². The Labute approximate surface area is 163 Å². The predicted molar refractivity (Wildman–Crippen MR) is 106 cm³/mol. The zero-order valence-corrected chi connectivity index (χ0v) is 16.5. The number of ether oxygens (including phenoxy) is 2. The van der Waals surface area contributed by atoms with E-state index in [9.17, 15) is 4.79 Å². The Bertz CT molecular complexity index is 885. The first-order valence-corrected chi connectivity index (χ1v) is 9.65. The van der Waals surface area contributed by atoms with E-state index >= 15 is 0 Å². The third-order valence-electron chi connectivity index (χ3n) is 4.31. The number of amides is 1. The molecular weight excluding hydrogens is 362 g/mol. The van der Waals surface area contributed by atoms with E-state index in [4.69, 9.17) is 13.9 Å². The molecule has 0 atom stereocenters. The van der Waals surface area contributed by atoms with Gasteiger partial charge in [-0.25, -0.2) is 0 Å². The number of nitrogens with zero attached hydrogens (tertiary/aromatic N) is 1. The second kappa shape index (κ2) is 8.77. The SMILES string of the molecule is CCN(Cc1ccc(OCc2cccs2)c(OC)c1)C(=O)c1ccoc1C. The van der Waals surface area contributed by atoms with Gasteiger partial charge in [0.1, 0.15) is 12.4 Å². The Kier molecular flexibility index (Phi) is 6.19. The van der Waals surface area contributed by atoms with Crippen molar-refractivity contribution in [2.45, 2.75) is 27.0 Å². The van der Waals surface area contributed by atoms with Crippen molar-refractivity contribution in [2.75, 3.05) is 13.7 Å². The van der Waals surface area contributed by atoms with Gasteiger partial charge in [-0.3, -0.25) is 4.79 Å². The van der Waals surface area contributed by atoms with Crippen LogP contribution in [0.2, 0.25) is 0 Å². The Hall–Kier alpha value is -2.73. The van der Waals surface area contributed by atoms with Crippen LogP contribution in [0, 0.1) is 6.92 Å². The van der Waals surface area contributed by atoms with Gasteiger partial charge in [-0.2, -0.15) is 0 Å². The first kappa shape index (κ1) is 19.0. The smallest absolute Gasteiger partial charge is 0.257 e. The lowest BCUT2D eigenvalue weighted by Crippen LogP contribution is -2.30. The third-order valence-corrected chi connectivity index (χ3v) is 5.16. The molecule has 5 nitrogen and oxygen atoms in total. The van der Waals surface area contributed by atoms with Gasteiger partial charge in [0.15, 0.2) is 11.5 Å². The van der Waals surface area contributed by atoms with Crippen LogP contribution in [-0.2, 0) is 13.2 Å². The van der Waals surface area contributed by atoms with Crippen molar-refractivity contribution in [3.63, 3.8) is 0 Å². The van der Waals surface area contributed by atoms with Gasteiger partial charge in [0, 0.05) is 18.0 Å². The highest BCUT2D eigenvalue weighted by atomic mass is 32.1. The molecule has 0 unspecified atom stereocenters. The molecule has 2 aromatic heterocycles. The van der Waals surface area contributed by atoms with E-state index in [1.54, 1.807) is 42.6 Å². The van der Waals surface area contributed by atoms with Crippen LogP contribution in [0.15, 0.2) is 52.5 Å². The average Bonchev–Trinajstić information content (AvgIpc) is 3.35. The lowest BCUT2D eigenvalue weighted by atomic mass is 10.1. The van der Waals surface area contributed by atoms with Crippen molar-refractivity contribution >= 4 is 17.2 Å². The Morgan fingerprint density at radius 1 is 1.22 bits per heavy atom. The van der Waals surface area contributed by atoms with E-state index in [1.165, 1.54) is 0 Å².